The molecule has 0 saturated carbocycles. The fourth-order valence-electron chi connectivity index (χ4n) is 2.57. The van der Waals surface area contributed by atoms with Crippen LogP contribution in [0, 0.1) is 6.92 Å². The molecule has 1 aromatic heterocycles. The Kier molecular flexibility index (Phi) is 7.10. The summed E-state index contributed by atoms with van der Waals surface area (Å²) in [5.74, 6) is -0.536. The average Bonchev–Trinajstić information content (AvgIpc) is 2.97. The summed E-state index contributed by atoms with van der Waals surface area (Å²) in [4.78, 5) is 30.0. The summed E-state index contributed by atoms with van der Waals surface area (Å²) >= 11 is 1.43. The minimum Gasteiger partial charge on any atom is -0.293 e. The number of aryl methyl sites for hydroxylation is 1. The molecule has 0 spiro atoms. The Hall–Kier alpha value is -2.25. The lowest BCUT2D eigenvalue weighted by Crippen LogP contribution is -2.46. The van der Waals surface area contributed by atoms with E-state index in [0.29, 0.717) is 6.54 Å². The Labute approximate surface area is 165 Å². The summed E-state index contributed by atoms with van der Waals surface area (Å²) in [5.41, 5.74) is 8.33. The van der Waals surface area contributed by atoms with Gasteiger partial charge in [0.25, 0.3) is 5.91 Å². The number of thiazole rings is 1. The van der Waals surface area contributed by atoms with Crippen molar-refractivity contribution in [3.8, 4) is 0 Å². The summed E-state index contributed by atoms with van der Waals surface area (Å²) in [6, 6.07) is 8.44. The first-order chi connectivity index (χ1) is 12.6. The number of nitrogens with zero attached hydrogens (tertiary/aromatic N) is 2. The predicted octanol–water partition coefficient (Wildman–Crippen LogP) is 2.57. The number of nitrogens with one attached hydrogen (secondary N) is 2. The topological polar surface area (TPSA) is 74.3 Å². The minimum atomic E-state index is -0.280. The molecule has 7 heteroatoms. The second kappa shape index (κ2) is 9.10. The zero-order chi connectivity index (χ0) is 20.0. The number of likely N-dealkylation sites (N-methyl/N-ethyl adjacent to an activating group) is 1. The van der Waals surface area contributed by atoms with Gasteiger partial charge in [-0.3, -0.25) is 25.3 Å². The summed E-state index contributed by atoms with van der Waals surface area (Å²) in [6.07, 6.45) is 0.161. The highest BCUT2D eigenvalue weighted by atomic mass is 32.1. The van der Waals surface area contributed by atoms with Gasteiger partial charge in [-0.1, -0.05) is 45.0 Å². The highest BCUT2D eigenvalue weighted by molar-refractivity contribution is 7.09. The SMILES string of the molecule is Cc1csc(CC(=O)NNC(=O)CN(C)Cc2ccc(C(C)(C)C)cc2)n1. The van der Waals surface area contributed by atoms with Crippen LogP contribution in [-0.2, 0) is 28.0 Å². The van der Waals surface area contributed by atoms with Crippen LogP contribution in [0.15, 0.2) is 29.6 Å². The van der Waals surface area contributed by atoms with E-state index in [2.05, 4.69) is 60.9 Å². The van der Waals surface area contributed by atoms with Gasteiger partial charge in [-0.05, 0) is 30.5 Å². The van der Waals surface area contributed by atoms with Crippen LogP contribution in [0.5, 0.6) is 0 Å². The molecule has 0 aliphatic carbocycles. The normalized spacial score (nSPS) is 11.5. The van der Waals surface area contributed by atoms with Crippen molar-refractivity contribution in [1.82, 2.24) is 20.7 Å². The molecular weight excluding hydrogens is 360 g/mol. The number of hydrogen-bond donors (Lipinski definition) is 2. The Balaban J connectivity index is 1.74. The number of benzene rings is 1. The highest BCUT2D eigenvalue weighted by Crippen LogP contribution is 2.22. The number of hydrogen-bond acceptors (Lipinski definition) is 5. The zero-order valence-corrected chi connectivity index (χ0v) is 17.4. The summed E-state index contributed by atoms with van der Waals surface area (Å²) in [6.45, 7) is 9.28. The second-order valence-corrected chi connectivity index (χ2v) is 8.72. The number of amides is 2. The number of carbonyl (C=O) groups excluding carboxylic acids is 2. The maximum Gasteiger partial charge on any atom is 0.252 e. The van der Waals surface area contributed by atoms with Crippen molar-refractivity contribution in [2.24, 2.45) is 0 Å². The van der Waals surface area contributed by atoms with E-state index in [1.54, 1.807) is 0 Å². The lowest BCUT2D eigenvalue weighted by Gasteiger charge is -2.20. The standard InChI is InChI=1S/C20H28N4O2S/c1-14-13-27-19(21-14)10-17(25)22-23-18(26)12-24(5)11-15-6-8-16(9-7-15)20(2,3)4/h6-9,13H,10-12H2,1-5H3,(H,22,25)(H,23,26). The van der Waals surface area contributed by atoms with Gasteiger partial charge in [0.1, 0.15) is 5.01 Å². The van der Waals surface area contributed by atoms with Crippen molar-refractivity contribution in [3.63, 3.8) is 0 Å². The van der Waals surface area contributed by atoms with Gasteiger partial charge in [0, 0.05) is 17.6 Å². The fraction of sp³-hybridized carbons (Fsp3) is 0.450. The average molecular weight is 389 g/mol. The van der Waals surface area contributed by atoms with Crippen LogP contribution in [-0.4, -0.2) is 35.3 Å². The molecule has 6 nitrogen and oxygen atoms in total. The van der Waals surface area contributed by atoms with Crippen LogP contribution in [0.3, 0.4) is 0 Å². The molecule has 27 heavy (non-hydrogen) atoms. The van der Waals surface area contributed by atoms with Crippen molar-refractivity contribution in [2.75, 3.05) is 13.6 Å². The number of aromatic nitrogens is 1. The maximum atomic E-state index is 12.0. The molecule has 2 amide bonds. The van der Waals surface area contributed by atoms with Crippen LogP contribution in [0.1, 0.15) is 42.6 Å². The molecule has 0 aliphatic rings. The number of rotatable bonds is 6. The lowest BCUT2D eigenvalue weighted by atomic mass is 9.87. The van der Waals surface area contributed by atoms with E-state index in [-0.39, 0.29) is 30.2 Å². The van der Waals surface area contributed by atoms with E-state index in [4.69, 9.17) is 0 Å². The van der Waals surface area contributed by atoms with E-state index < -0.39 is 0 Å². The smallest absolute Gasteiger partial charge is 0.252 e. The van der Waals surface area contributed by atoms with Crippen molar-refractivity contribution in [3.05, 3.63) is 51.5 Å². The van der Waals surface area contributed by atoms with Crippen molar-refractivity contribution >= 4 is 23.2 Å². The van der Waals surface area contributed by atoms with Crippen LogP contribution in [0.2, 0.25) is 0 Å². The van der Waals surface area contributed by atoms with Crippen LogP contribution in [0.25, 0.3) is 0 Å². The molecule has 0 fully saturated rings. The molecule has 0 unspecified atom stereocenters. The van der Waals surface area contributed by atoms with Gasteiger partial charge in [-0.2, -0.15) is 0 Å². The lowest BCUT2D eigenvalue weighted by molar-refractivity contribution is -0.129. The second-order valence-electron chi connectivity index (χ2n) is 7.77. The molecule has 146 valence electrons. The van der Waals surface area contributed by atoms with Gasteiger partial charge in [0.2, 0.25) is 5.91 Å². The Bertz CT molecular complexity index is 778. The molecule has 0 aliphatic heterocycles. The first-order valence-electron chi connectivity index (χ1n) is 8.90. The Morgan fingerprint density at radius 1 is 1.11 bits per heavy atom. The van der Waals surface area contributed by atoms with Crippen LogP contribution < -0.4 is 10.9 Å². The number of hydrazine groups is 1. The van der Waals surface area contributed by atoms with Crippen molar-refractivity contribution in [1.29, 1.82) is 0 Å². The third-order valence-electron chi connectivity index (χ3n) is 4.01. The Morgan fingerprint density at radius 2 is 1.74 bits per heavy atom. The summed E-state index contributed by atoms with van der Waals surface area (Å²) in [5, 5.41) is 2.62. The van der Waals surface area contributed by atoms with Gasteiger partial charge in [-0.15, -0.1) is 11.3 Å². The first-order valence-corrected chi connectivity index (χ1v) is 9.78. The molecule has 1 aromatic carbocycles. The molecule has 2 aromatic rings. The van der Waals surface area contributed by atoms with Gasteiger partial charge >= 0.3 is 0 Å². The largest absolute Gasteiger partial charge is 0.293 e. The molecule has 2 N–H and O–H groups in total. The van der Waals surface area contributed by atoms with E-state index in [1.165, 1.54) is 16.9 Å². The van der Waals surface area contributed by atoms with E-state index in [1.807, 2.05) is 24.3 Å². The molecular formula is C20H28N4O2S. The van der Waals surface area contributed by atoms with Gasteiger partial charge in [0.15, 0.2) is 0 Å². The molecule has 0 atom stereocenters. The van der Waals surface area contributed by atoms with Gasteiger partial charge in [0.05, 0.1) is 13.0 Å². The monoisotopic (exact) mass is 388 g/mol. The third kappa shape index (κ3) is 7.11. The minimum absolute atomic E-state index is 0.125. The predicted molar refractivity (Wildman–Crippen MR) is 108 cm³/mol. The quantitative estimate of drug-likeness (QED) is 0.746. The molecule has 2 rings (SSSR count). The fourth-order valence-corrected chi connectivity index (χ4v) is 3.34. The molecule has 0 saturated heterocycles. The summed E-state index contributed by atoms with van der Waals surface area (Å²) < 4.78 is 0. The summed E-state index contributed by atoms with van der Waals surface area (Å²) in [7, 11) is 1.87. The van der Waals surface area contributed by atoms with Crippen molar-refractivity contribution in [2.45, 2.75) is 46.1 Å². The molecule has 0 radical (unpaired) electrons. The maximum absolute atomic E-state index is 12.0. The molecule has 1 heterocycles. The van der Waals surface area contributed by atoms with Gasteiger partial charge in [-0.25, -0.2) is 4.98 Å². The first kappa shape index (κ1) is 21.1. The zero-order valence-electron chi connectivity index (χ0n) is 16.6. The van der Waals surface area contributed by atoms with E-state index in [9.17, 15) is 9.59 Å². The van der Waals surface area contributed by atoms with Gasteiger partial charge < -0.3 is 0 Å². The Morgan fingerprint density at radius 3 is 2.30 bits per heavy atom. The van der Waals surface area contributed by atoms with Crippen LogP contribution in [0.4, 0.5) is 0 Å². The van der Waals surface area contributed by atoms with E-state index in [0.717, 1.165) is 16.3 Å². The molecule has 0 bridgehead atoms. The number of carbonyl (C=O) groups is 2. The van der Waals surface area contributed by atoms with Crippen LogP contribution >= 0.6 is 11.3 Å². The third-order valence-corrected chi connectivity index (χ3v) is 4.97. The van der Waals surface area contributed by atoms with E-state index >= 15 is 0 Å². The van der Waals surface area contributed by atoms with Crippen molar-refractivity contribution < 1.29 is 9.59 Å². The highest BCUT2D eigenvalue weighted by Gasteiger charge is 2.14.